The van der Waals surface area contributed by atoms with Crippen molar-refractivity contribution in [2.24, 2.45) is 28.1 Å². The lowest BCUT2D eigenvalue weighted by Gasteiger charge is -2.60. The number of amides is 2. The Balaban J connectivity index is 1.66. The Morgan fingerprint density at radius 3 is 2.42 bits per heavy atom. The predicted molar refractivity (Wildman–Crippen MR) is 84.9 cm³/mol. The van der Waals surface area contributed by atoms with E-state index in [-0.39, 0.29) is 5.71 Å². The van der Waals surface area contributed by atoms with Gasteiger partial charge in [0, 0.05) is 11.6 Å². The highest BCUT2D eigenvalue weighted by atomic mass is 16.4. The van der Waals surface area contributed by atoms with Gasteiger partial charge in [0.05, 0.1) is 5.60 Å². The third-order valence-corrected chi connectivity index (χ3v) is 6.36. The van der Waals surface area contributed by atoms with Crippen molar-refractivity contribution < 1.29 is 19.9 Å². The van der Waals surface area contributed by atoms with E-state index in [4.69, 9.17) is 5.73 Å². The van der Waals surface area contributed by atoms with Crippen LogP contribution in [0.3, 0.4) is 0 Å². The van der Waals surface area contributed by atoms with Crippen LogP contribution in [0.15, 0.2) is 17.4 Å². The van der Waals surface area contributed by atoms with Crippen LogP contribution in [0.5, 0.6) is 0 Å². The Bertz CT molecular complexity index is 642. The number of primary amides is 1. The molecule has 0 radical (unpaired) electrons. The van der Waals surface area contributed by atoms with E-state index < -0.39 is 28.9 Å². The topological polar surface area (TPSA) is 116 Å². The van der Waals surface area contributed by atoms with Crippen LogP contribution in [-0.2, 0) is 9.59 Å². The maximum atomic E-state index is 13.0. The maximum absolute atomic E-state index is 13.0. The summed E-state index contributed by atoms with van der Waals surface area (Å²) in [7, 11) is 0. The molecule has 4 bridgehead atoms. The first kappa shape index (κ1) is 15.6. The van der Waals surface area contributed by atoms with Crippen molar-refractivity contribution in [1.29, 1.82) is 0 Å². The quantitative estimate of drug-likeness (QED) is 0.401. The molecule has 5 rings (SSSR count). The van der Waals surface area contributed by atoms with Gasteiger partial charge in [-0.3, -0.25) is 9.59 Å². The van der Waals surface area contributed by atoms with Gasteiger partial charge in [0.15, 0.2) is 5.71 Å². The van der Waals surface area contributed by atoms with Crippen LogP contribution in [0.1, 0.15) is 44.9 Å². The standard InChI is InChI=1S/C17H23N3O4/c18-14(21)12-2-1-3-20(12)15(22)13(19-24)16-5-10-4-11(6-16)8-17(23,7-10)9-16/h1,3,10-12,23-24H,2,4-9H2,(H2,18,21)/b19-13-. The molecule has 2 amide bonds. The molecule has 4 saturated carbocycles. The monoisotopic (exact) mass is 333 g/mol. The molecule has 7 heteroatoms. The molecular formula is C17H23N3O4. The Morgan fingerprint density at radius 1 is 1.21 bits per heavy atom. The largest absolute Gasteiger partial charge is 0.410 e. The zero-order chi connectivity index (χ0) is 17.1. The molecule has 4 fully saturated rings. The molecule has 0 aromatic rings. The van der Waals surface area contributed by atoms with Gasteiger partial charge in [-0.15, -0.1) is 0 Å². The second kappa shape index (κ2) is 5.05. The first-order valence-corrected chi connectivity index (χ1v) is 8.59. The van der Waals surface area contributed by atoms with E-state index in [9.17, 15) is 19.9 Å². The van der Waals surface area contributed by atoms with Crippen LogP contribution in [0.25, 0.3) is 0 Å². The van der Waals surface area contributed by atoms with Gasteiger partial charge < -0.3 is 20.9 Å². The van der Waals surface area contributed by atoms with Crippen molar-refractivity contribution in [3.63, 3.8) is 0 Å². The van der Waals surface area contributed by atoms with Gasteiger partial charge in [0.25, 0.3) is 5.91 Å². The summed E-state index contributed by atoms with van der Waals surface area (Å²) in [6.07, 6.45) is 8.22. The molecule has 0 aromatic heterocycles. The van der Waals surface area contributed by atoms with Crippen LogP contribution in [0.4, 0.5) is 0 Å². The minimum atomic E-state index is -0.760. The lowest BCUT2D eigenvalue weighted by molar-refractivity contribution is -0.146. The van der Waals surface area contributed by atoms with Gasteiger partial charge in [-0.05, 0) is 56.8 Å². The molecule has 0 aromatic carbocycles. The summed E-state index contributed by atoms with van der Waals surface area (Å²) in [5, 5.41) is 23.9. The van der Waals surface area contributed by atoms with Gasteiger partial charge >= 0.3 is 0 Å². The van der Waals surface area contributed by atoms with Gasteiger partial charge in [-0.1, -0.05) is 11.2 Å². The van der Waals surface area contributed by atoms with E-state index in [1.165, 1.54) is 11.1 Å². The molecule has 3 unspecified atom stereocenters. The Kier molecular flexibility index (Phi) is 3.29. The minimum Gasteiger partial charge on any atom is -0.410 e. The fraction of sp³-hybridized carbons (Fsp3) is 0.706. The molecule has 5 aliphatic rings. The van der Waals surface area contributed by atoms with E-state index in [1.807, 2.05) is 0 Å². The Hall–Kier alpha value is -1.89. The molecule has 3 atom stereocenters. The van der Waals surface area contributed by atoms with Crippen LogP contribution in [0, 0.1) is 17.3 Å². The summed E-state index contributed by atoms with van der Waals surface area (Å²) in [6, 6.07) is -0.730. The van der Waals surface area contributed by atoms with E-state index in [0.717, 1.165) is 32.1 Å². The first-order chi connectivity index (χ1) is 11.4. The second-order valence-electron chi connectivity index (χ2n) is 8.17. The lowest BCUT2D eigenvalue weighted by Crippen LogP contribution is -2.60. The van der Waals surface area contributed by atoms with Crippen molar-refractivity contribution >= 4 is 17.5 Å². The van der Waals surface area contributed by atoms with Gasteiger partial charge in [-0.2, -0.15) is 0 Å². The van der Waals surface area contributed by atoms with Crippen LogP contribution in [-0.4, -0.2) is 44.4 Å². The van der Waals surface area contributed by atoms with Crippen molar-refractivity contribution in [3.8, 4) is 0 Å². The van der Waals surface area contributed by atoms with Gasteiger partial charge in [0.2, 0.25) is 5.91 Å². The highest BCUT2D eigenvalue weighted by molar-refractivity contribution is 6.41. The summed E-state index contributed by atoms with van der Waals surface area (Å²) >= 11 is 0. The number of rotatable bonds is 3. The molecule has 7 nitrogen and oxygen atoms in total. The predicted octanol–water partition coefficient (Wildman–Crippen LogP) is 0.748. The summed E-state index contributed by atoms with van der Waals surface area (Å²) in [6.45, 7) is 0. The number of carbonyl (C=O) groups is 2. The summed E-state index contributed by atoms with van der Waals surface area (Å²) in [4.78, 5) is 25.9. The molecule has 4 N–H and O–H groups in total. The van der Waals surface area contributed by atoms with Gasteiger partial charge in [-0.25, -0.2) is 0 Å². The number of hydrogen-bond acceptors (Lipinski definition) is 5. The summed E-state index contributed by atoms with van der Waals surface area (Å²) in [5.41, 5.74) is 4.10. The fourth-order valence-electron chi connectivity index (χ4n) is 5.97. The van der Waals surface area contributed by atoms with E-state index >= 15 is 0 Å². The molecule has 1 heterocycles. The minimum absolute atomic E-state index is 0.0767. The highest BCUT2D eigenvalue weighted by Gasteiger charge is 2.60. The average Bonchev–Trinajstić information content (AvgIpc) is 2.94. The van der Waals surface area contributed by atoms with Crippen LogP contribution >= 0.6 is 0 Å². The second-order valence-corrected chi connectivity index (χ2v) is 8.17. The zero-order valence-corrected chi connectivity index (χ0v) is 13.5. The Labute approximate surface area is 140 Å². The normalized spacial score (nSPS) is 43.5. The van der Waals surface area contributed by atoms with Crippen LogP contribution in [0.2, 0.25) is 0 Å². The van der Waals surface area contributed by atoms with Crippen molar-refractivity contribution in [3.05, 3.63) is 12.3 Å². The number of aliphatic hydroxyl groups is 1. The molecule has 24 heavy (non-hydrogen) atoms. The van der Waals surface area contributed by atoms with E-state index in [2.05, 4.69) is 5.16 Å². The SMILES string of the molecule is NC(=O)C1CC=CN1C(=O)/C(=N/O)C12CC3CC(CC(O)(C3)C1)C2. The highest BCUT2D eigenvalue weighted by Crippen LogP contribution is 2.62. The van der Waals surface area contributed by atoms with E-state index in [1.54, 1.807) is 6.08 Å². The maximum Gasteiger partial charge on any atom is 0.276 e. The molecule has 0 spiro atoms. The summed E-state index contributed by atoms with van der Waals surface area (Å²) < 4.78 is 0. The molecule has 1 aliphatic heterocycles. The zero-order valence-electron chi connectivity index (χ0n) is 13.5. The number of oxime groups is 1. The Morgan fingerprint density at radius 2 is 1.88 bits per heavy atom. The fourth-order valence-corrected chi connectivity index (χ4v) is 5.97. The lowest BCUT2D eigenvalue weighted by atomic mass is 9.46. The van der Waals surface area contributed by atoms with Gasteiger partial charge in [0.1, 0.15) is 6.04 Å². The average molecular weight is 333 g/mol. The van der Waals surface area contributed by atoms with Crippen molar-refractivity contribution in [2.75, 3.05) is 0 Å². The molecule has 130 valence electrons. The number of nitrogens with zero attached hydrogens (tertiary/aromatic N) is 2. The third-order valence-electron chi connectivity index (χ3n) is 6.36. The summed E-state index contributed by atoms with van der Waals surface area (Å²) in [5.74, 6) is -0.320. The number of nitrogens with two attached hydrogens (primary N) is 1. The third kappa shape index (κ3) is 2.17. The number of carbonyl (C=O) groups excluding carboxylic acids is 2. The van der Waals surface area contributed by atoms with E-state index in [0.29, 0.717) is 24.7 Å². The smallest absolute Gasteiger partial charge is 0.276 e. The number of hydrogen-bond donors (Lipinski definition) is 3. The van der Waals surface area contributed by atoms with Crippen molar-refractivity contribution in [1.82, 2.24) is 4.90 Å². The van der Waals surface area contributed by atoms with Crippen LogP contribution < -0.4 is 5.73 Å². The molecule has 0 saturated heterocycles. The van der Waals surface area contributed by atoms with Crippen molar-refractivity contribution in [2.45, 2.75) is 56.6 Å². The molecule has 4 aliphatic carbocycles. The first-order valence-electron chi connectivity index (χ1n) is 8.59. The molecular weight excluding hydrogens is 310 g/mol.